The minimum absolute atomic E-state index is 0.136. The van der Waals surface area contributed by atoms with E-state index in [1.54, 1.807) is 48.5 Å². The summed E-state index contributed by atoms with van der Waals surface area (Å²) in [7, 11) is 3.78. The molecule has 35 heavy (non-hydrogen) atoms. The van der Waals surface area contributed by atoms with Crippen LogP contribution in [0.1, 0.15) is 22.3 Å². The number of rotatable bonds is 5. The zero-order valence-electron chi connectivity index (χ0n) is 20.2. The third-order valence-electron chi connectivity index (χ3n) is 6.43. The normalized spacial score (nSPS) is 11.5. The molecule has 0 heterocycles. The van der Waals surface area contributed by atoms with Crippen LogP contribution in [0.25, 0.3) is 33.4 Å². The number of alkyl halides is 3. The molecule has 0 aliphatic heterocycles. The molecule has 4 aromatic carbocycles. The highest BCUT2D eigenvalue weighted by molar-refractivity contribution is 5.91. The number of anilines is 1. The van der Waals surface area contributed by atoms with Crippen LogP contribution in [0.15, 0.2) is 78.9 Å². The van der Waals surface area contributed by atoms with Crippen LogP contribution in [-0.2, 0) is 12.8 Å². The second-order valence-electron chi connectivity index (χ2n) is 9.00. The Morgan fingerprint density at radius 3 is 1.80 bits per heavy atom. The Morgan fingerprint density at radius 1 is 0.686 bits per heavy atom. The van der Waals surface area contributed by atoms with Gasteiger partial charge in [0.15, 0.2) is 0 Å². The molecule has 0 unspecified atom stereocenters. The van der Waals surface area contributed by atoms with E-state index in [1.807, 2.05) is 63.2 Å². The Balaban J connectivity index is 2.05. The Kier molecular flexibility index (Phi) is 6.73. The van der Waals surface area contributed by atoms with Gasteiger partial charge in [0, 0.05) is 25.3 Å². The van der Waals surface area contributed by atoms with Crippen LogP contribution < -0.4 is 4.90 Å². The second kappa shape index (κ2) is 9.59. The Bertz CT molecular complexity index is 1340. The van der Waals surface area contributed by atoms with Gasteiger partial charge >= 0.3 is 6.18 Å². The molecule has 0 bridgehead atoms. The molecule has 0 saturated carbocycles. The van der Waals surface area contributed by atoms with Gasteiger partial charge in [-0.05, 0) is 70.5 Å². The van der Waals surface area contributed by atoms with Crippen molar-refractivity contribution in [1.82, 2.24) is 0 Å². The Hall–Kier alpha value is -3.57. The number of benzene rings is 4. The lowest BCUT2D eigenvalue weighted by molar-refractivity contribution is -0.136. The average Bonchev–Trinajstić information content (AvgIpc) is 2.84. The molecule has 180 valence electrons. The average molecular weight is 476 g/mol. The molecule has 0 spiro atoms. The Labute approximate surface area is 204 Å². The molecule has 4 rings (SSSR count). The van der Waals surface area contributed by atoms with Gasteiger partial charge in [0.25, 0.3) is 0 Å². The zero-order valence-corrected chi connectivity index (χ0v) is 20.2. The largest absolute Gasteiger partial charge is 0.417 e. The first-order valence-corrected chi connectivity index (χ1v) is 11.4. The van der Waals surface area contributed by atoms with E-state index in [-0.39, 0.29) is 17.7 Å². The van der Waals surface area contributed by atoms with Gasteiger partial charge in [-0.25, -0.2) is 0 Å². The van der Waals surface area contributed by atoms with Crippen molar-refractivity contribution in [2.75, 3.05) is 19.0 Å². The summed E-state index contributed by atoms with van der Waals surface area (Å²) in [5.41, 5.74) is 5.47. The van der Waals surface area contributed by atoms with E-state index in [9.17, 15) is 18.3 Å². The lowest BCUT2D eigenvalue weighted by atomic mass is 9.84. The maximum Gasteiger partial charge on any atom is 0.417 e. The number of aliphatic hydroxyl groups is 1. The highest BCUT2D eigenvalue weighted by atomic mass is 19.4. The predicted molar refractivity (Wildman–Crippen MR) is 137 cm³/mol. The van der Waals surface area contributed by atoms with Crippen molar-refractivity contribution >= 4 is 5.69 Å². The fourth-order valence-electron chi connectivity index (χ4n) is 4.30. The van der Waals surface area contributed by atoms with Crippen LogP contribution in [0, 0.1) is 13.8 Å². The molecule has 0 fully saturated rings. The van der Waals surface area contributed by atoms with Crippen molar-refractivity contribution in [3.63, 3.8) is 0 Å². The van der Waals surface area contributed by atoms with E-state index in [0.29, 0.717) is 22.3 Å². The van der Waals surface area contributed by atoms with Gasteiger partial charge in [0.2, 0.25) is 0 Å². The van der Waals surface area contributed by atoms with Crippen molar-refractivity contribution in [3.8, 4) is 33.4 Å². The van der Waals surface area contributed by atoms with Gasteiger partial charge in [-0.3, -0.25) is 0 Å². The molecule has 0 saturated heterocycles. The number of aliphatic hydroxyl groups excluding tert-OH is 1. The molecule has 0 aromatic heterocycles. The van der Waals surface area contributed by atoms with Crippen molar-refractivity contribution in [2.24, 2.45) is 0 Å². The first-order chi connectivity index (χ1) is 16.6. The third-order valence-corrected chi connectivity index (χ3v) is 6.43. The van der Waals surface area contributed by atoms with Gasteiger partial charge in [-0.2, -0.15) is 13.2 Å². The van der Waals surface area contributed by atoms with Gasteiger partial charge < -0.3 is 10.0 Å². The maximum atomic E-state index is 14.8. The minimum Gasteiger partial charge on any atom is -0.392 e. The minimum atomic E-state index is -4.59. The van der Waals surface area contributed by atoms with E-state index in [1.165, 1.54) is 0 Å². The first-order valence-electron chi connectivity index (χ1n) is 11.4. The molecule has 1 N–H and O–H groups in total. The Morgan fingerprint density at radius 2 is 1.26 bits per heavy atom. The number of hydrogen-bond donors (Lipinski definition) is 1. The van der Waals surface area contributed by atoms with Crippen molar-refractivity contribution in [1.29, 1.82) is 0 Å². The van der Waals surface area contributed by atoms with Crippen molar-refractivity contribution in [2.45, 2.75) is 26.6 Å². The highest BCUT2D eigenvalue weighted by Crippen LogP contribution is 2.47. The van der Waals surface area contributed by atoms with E-state index < -0.39 is 11.7 Å². The van der Waals surface area contributed by atoms with Gasteiger partial charge in [-0.1, -0.05) is 66.7 Å². The number of aryl methyl sites for hydroxylation is 2. The molecular formula is C30H28F3NO. The van der Waals surface area contributed by atoms with Crippen LogP contribution in [-0.4, -0.2) is 19.2 Å². The summed E-state index contributed by atoms with van der Waals surface area (Å²) in [6.07, 6.45) is -4.59. The molecule has 2 nitrogen and oxygen atoms in total. The van der Waals surface area contributed by atoms with Crippen LogP contribution in [0.2, 0.25) is 0 Å². The van der Waals surface area contributed by atoms with Gasteiger partial charge in [0.1, 0.15) is 0 Å². The fraction of sp³-hybridized carbons (Fsp3) is 0.200. The molecule has 0 atom stereocenters. The smallest absolute Gasteiger partial charge is 0.392 e. The highest BCUT2D eigenvalue weighted by Gasteiger charge is 2.38. The van der Waals surface area contributed by atoms with E-state index in [4.69, 9.17) is 0 Å². The molecule has 5 heteroatoms. The molecule has 0 aliphatic rings. The van der Waals surface area contributed by atoms with E-state index >= 15 is 0 Å². The standard InChI is InChI=1S/C30H28F3NO/c1-19-5-8-24(17-20(19)2)26-15-16-27(22-11-13-25(14-12-22)34(3)4)29(30(31,32)33)28(26)23-9-6-21(18-35)7-10-23/h5-17,35H,18H2,1-4H3. The second-order valence-corrected chi connectivity index (χ2v) is 9.00. The summed E-state index contributed by atoms with van der Waals surface area (Å²) in [6, 6.07) is 22.8. The van der Waals surface area contributed by atoms with Crippen LogP contribution in [0.5, 0.6) is 0 Å². The van der Waals surface area contributed by atoms with Gasteiger partial charge in [-0.15, -0.1) is 0 Å². The molecule has 0 amide bonds. The van der Waals surface area contributed by atoms with Crippen molar-refractivity contribution in [3.05, 3.63) is 101 Å². The molecule has 4 aromatic rings. The predicted octanol–water partition coefficient (Wildman–Crippen LogP) is 7.88. The maximum absolute atomic E-state index is 14.8. The SMILES string of the molecule is Cc1ccc(-c2ccc(-c3ccc(N(C)C)cc3)c(C(F)(F)F)c2-c2ccc(CO)cc2)cc1C. The van der Waals surface area contributed by atoms with Crippen LogP contribution in [0.4, 0.5) is 18.9 Å². The molecular weight excluding hydrogens is 447 g/mol. The van der Waals surface area contributed by atoms with Crippen LogP contribution in [0.3, 0.4) is 0 Å². The lowest BCUT2D eigenvalue weighted by Gasteiger charge is -2.22. The number of halogens is 3. The zero-order chi connectivity index (χ0) is 25.3. The summed E-state index contributed by atoms with van der Waals surface area (Å²) < 4.78 is 44.5. The van der Waals surface area contributed by atoms with Crippen LogP contribution >= 0.6 is 0 Å². The summed E-state index contributed by atoms with van der Waals surface area (Å²) in [6.45, 7) is 3.77. The lowest BCUT2D eigenvalue weighted by Crippen LogP contribution is -2.11. The monoisotopic (exact) mass is 475 g/mol. The topological polar surface area (TPSA) is 23.5 Å². The fourth-order valence-corrected chi connectivity index (χ4v) is 4.30. The quantitative estimate of drug-likeness (QED) is 0.317. The summed E-state index contributed by atoms with van der Waals surface area (Å²) >= 11 is 0. The first kappa shape index (κ1) is 24.6. The van der Waals surface area contributed by atoms with Crippen molar-refractivity contribution < 1.29 is 18.3 Å². The number of hydrogen-bond acceptors (Lipinski definition) is 2. The van der Waals surface area contributed by atoms with E-state index in [2.05, 4.69) is 0 Å². The number of nitrogens with zero attached hydrogens (tertiary/aromatic N) is 1. The van der Waals surface area contributed by atoms with E-state index in [0.717, 1.165) is 22.4 Å². The third kappa shape index (κ3) is 4.96. The molecule has 0 aliphatic carbocycles. The molecule has 0 radical (unpaired) electrons. The summed E-state index contributed by atoms with van der Waals surface area (Å²) in [4.78, 5) is 1.91. The summed E-state index contributed by atoms with van der Waals surface area (Å²) in [5.74, 6) is 0. The van der Waals surface area contributed by atoms with Gasteiger partial charge in [0.05, 0.1) is 12.2 Å². The summed E-state index contributed by atoms with van der Waals surface area (Å²) in [5, 5.41) is 9.44.